The van der Waals surface area contributed by atoms with E-state index < -0.39 is 12.1 Å². The second-order valence-electron chi connectivity index (χ2n) is 30.2. The lowest BCUT2D eigenvalue weighted by Gasteiger charge is -2.22. The van der Waals surface area contributed by atoms with Crippen molar-refractivity contribution in [3.8, 4) is 0 Å². The maximum atomic E-state index is 12.6. The number of rotatable bonds is 83. The first-order chi connectivity index (χ1) is 46.0. The van der Waals surface area contributed by atoms with Gasteiger partial charge in [0.15, 0.2) is 0 Å². The van der Waals surface area contributed by atoms with Gasteiger partial charge < -0.3 is 20.3 Å². The fourth-order valence-corrected chi connectivity index (χ4v) is 14.2. The highest BCUT2D eigenvalue weighted by atomic mass is 16.5. The van der Waals surface area contributed by atoms with Crippen molar-refractivity contribution in [3.63, 3.8) is 0 Å². The van der Waals surface area contributed by atoms with E-state index in [9.17, 15) is 19.8 Å². The largest absolute Gasteiger partial charge is 0.466 e. The molecule has 2 unspecified atom stereocenters. The average Bonchev–Trinajstić information content (AvgIpc) is 3.78. The molecule has 93 heavy (non-hydrogen) atoms. The van der Waals surface area contributed by atoms with Crippen molar-refractivity contribution in [1.82, 2.24) is 5.32 Å². The molecule has 0 aromatic carbocycles. The van der Waals surface area contributed by atoms with Gasteiger partial charge in [0.25, 0.3) is 0 Å². The number of allylic oxidation sites excluding steroid dienone is 2. The van der Waals surface area contributed by atoms with Crippen LogP contribution in [0, 0.1) is 0 Å². The molecule has 1 amide bonds. The van der Waals surface area contributed by atoms with Gasteiger partial charge in [-0.25, -0.2) is 0 Å². The lowest BCUT2D eigenvalue weighted by atomic mass is 10.0. The van der Waals surface area contributed by atoms with Crippen LogP contribution in [0.15, 0.2) is 12.2 Å². The molecule has 2 atom stereocenters. The maximum Gasteiger partial charge on any atom is 0.305 e. The predicted molar refractivity (Wildman–Crippen MR) is 412 cm³/mol. The average molecular weight is 1310 g/mol. The van der Waals surface area contributed by atoms with E-state index in [1.807, 2.05) is 0 Å². The van der Waals surface area contributed by atoms with Crippen molar-refractivity contribution in [1.29, 1.82) is 0 Å². The lowest BCUT2D eigenvalue weighted by molar-refractivity contribution is -0.143. The van der Waals surface area contributed by atoms with Crippen molar-refractivity contribution < 1.29 is 24.5 Å². The first kappa shape index (κ1) is 91.6. The number of aliphatic hydroxyl groups excluding tert-OH is 2. The van der Waals surface area contributed by atoms with Gasteiger partial charge in [-0.3, -0.25) is 9.59 Å². The van der Waals surface area contributed by atoms with E-state index in [1.54, 1.807) is 0 Å². The Labute approximate surface area is 584 Å². The number of amides is 1. The van der Waals surface area contributed by atoms with Gasteiger partial charge in [-0.05, 0) is 51.4 Å². The van der Waals surface area contributed by atoms with Gasteiger partial charge >= 0.3 is 5.97 Å². The molecular formula is C87H171NO5. The molecule has 0 saturated carbocycles. The summed E-state index contributed by atoms with van der Waals surface area (Å²) >= 11 is 0. The minimum atomic E-state index is -0.662. The van der Waals surface area contributed by atoms with E-state index in [0.717, 1.165) is 38.5 Å². The summed E-state index contributed by atoms with van der Waals surface area (Å²) in [7, 11) is 0. The van der Waals surface area contributed by atoms with Crippen LogP contribution >= 0.6 is 0 Å². The first-order valence-corrected chi connectivity index (χ1v) is 43.4. The number of esters is 1. The van der Waals surface area contributed by atoms with Crippen molar-refractivity contribution >= 4 is 11.9 Å². The zero-order chi connectivity index (χ0) is 67.0. The van der Waals surface area contributed by atoms with Crippen LogP contribution in [-0.2, 0) is 14.3 Å². The highest BCUT2D eigenvalue weighted by Crippen LogP contribution is 2.21. The smallest absolute Gasteiger partial charge is 0.305 e. The van der Waals surface area contributed by atoms with Crippen LogP contribution in [0.2, 0.25) is 0 Å². The van der Waals surface area contributed by atoms with Crippen LogP contribution in [0.3, 0.4) is 0 Å². The second kappa shape index (κ2) is 83.0. The number of ether oxygens (including phenoxy) is 1. The van der Waals surface area contributed by atoms with E-state index in [-0.39, 0.29) is 18.5 Å². The van der Waals surface area contributed by atoms with E-state index in [1.165, 1.54) is 437 Å². The van der Waals surface area contributed by atoms with Crippen LogP contribution in [0.4, 0.5) is 0 Å². The third-order valence-corrected chi connectivity index (χ3v) is 20.8. The molecule has 0 aromatic heterocycles. The number of aliphatic hydroxyl groups is 2. The number of carbonyl (C=O) groups excluding carboxylic acids is 2. The van der Waals surface area contributed by atoms with E-state index in [4.69, 9.17) is 4.74 Å². The molecule has 0 fully saturated rings. The normalized spacial score (nSPS) is 12.4. The summed E-state index contributed by atoms with van der Waals surface area (Å²) in [5.74, 6) is -0.00220. The van der Waals surface area contributed by atoms with Crippen LogP contribution in [0.5, 0.6) is 0 Å². The molecule has 0 heterocycles. The molecule has 0 spiro atoms. The van der Waals surface area contributed by atoms with Crippen LogP contribution in [0.25, 0.3) is 0 Å². The highest BCUT2D eigenvalue weighted by molar-refractivity contribution is 5.76. The number of unbranched alkanes of at least 4 members (excludes halogenated alkanes) is 70. The highest BCUT2D eigenvalue weighted by Gasteiger charge is 2.20. The predicted octanol–water partition coefficient (Wildman–Crippen LogP) is 29.0. The third-order valence-electron chi connectivity index (χ3n) is 20.8. The summed E-state index contributed by atoms with van der Waals surface area (Å²) in [5, 5.41) is 23.5. The summed E-state index contributed by atoms with van der Waals surface area (Å²) in [6.45, 7) is 5.01. The third kappa shape index (κ3) is 79.5. The van der Waals surface area contributed by atoms with Crippen LogP contribution < -0.4 is 5.32 Å². The monoisotopic (exact) mass is 1310 g/mol. The van der Waals surface area contributed by atoms with Gasteiger partial charge in [0.2, 0.25) is 5.91 Å². The molecule has 0 saturated heterocycles. The molecule has 3 N–H and O–H groups in total. The molecule has 0 aliphatic carbocycles. The summed E-state index contributed by atoms with van der Waals surface area (Å²) in [4.78, 5) is 24.7. The standard InChI is InChI=1S/C87H171NO5/c1-3-5-7-9-11-13-15-17-19-21-22-23-24-38-41-44-48-51-55-59-63-67-71-75-79-85(90)84(83-89)88-86(91)80-76-72-68-64-60-56-52-49-45-42-39-36-34-32-30-28-26-25-27-29-31-33-35-37-40-43-46-50-54-58-62-66-70-74-78-82-93-87(92)81-77-73-69-65-61-57-53-47-20-18-16-14-12-10-8-6-4-2/h18,20,84-85,89-90H,3-17,19,21-83H2,1-2H3,(H,88,91)/b20-18-. The molecule has 0 radical (unpaired) electrons. The molecule has 0 aromatic rings. The van der Waals surface area contributed by atoms with Crippen LogP contribution in [0.1, 0.15) is 508 Å². The Kier molecular flexibility index (Phi) is 81.8. The molecule has 0 bridgehead atoms. The van der Waals surface area contributed by atoms with Gasteiger partial charge in [0.1, 0.15) is 0 Å². The summed E-state index contributed by atoms with van der Waals surface area (Å²) in [5.41, 5.74) is 0. The topological polar surface area (TPSA) is 95.9 Å². The second-order valence-corrected chi connectivity index (χ2v) is 30.2. The molecule has 0 aliphatic rings. The Balaban J connectivity index is 3.31. The van der Waals surface area contributed by atoms with Crippen molar-refractivity contribution in [2.45, 2.75) is 520 Å². The zero-order valence-corrected chi connectivity index (χ0v) is 63.8. The Morgan fingerprint density at radius 1 is 0.290 bits per heavy atom. The molecular weight excluding hydrogens is 1140 g/mol. The Morgan fingerprint density at radius 3 is 0.763 bits per heavy atom. The van der Waals surface area contributed by atoms with Gasteiger partial charge in [-0.1, -0.05) is 456 Å². The summed E-state index contributed by atoms with van der Waals surface area (Å²) < 4.78 is 5.52. The number of hydrogen-bond donors (Lipinski definition) is 3. The number of carbonyl (C=O) groups is 2. The Hall–Kier alpha value is -1.40. The van der Waals surface area contributed by atoms with Gasteiger partial charge in [-0.15, -0.1) is 0 Å². The number of hydrogen-bond acceptors (Lipinski definition) is 5. The van der Waals surface area contributed by atoms with Gasteiger partial charge in [0, 0.05) is 12.8 Å². The van der Waals surface area contributed by atoms with Gasteiger partial charge in [0.05, 0.1) is 25.4 Å². The van der Waals surface area contributed by atoms with Crippen molar-refractivity contribution in [3.05, 3.63) is 12.2 Å². The van der Waals surface area contributed by atoms with Gasteiger partial charge in [-0.2, -0.15) is 0 Å². The van der Waals surface area contributed by atoms with E-state index in [2.05, 4.69) is 31.3 Å². The molecule has 0 rings (SSSR count). The fourth-order valence-electron chi connectivity index (χ4n) is 14.2. The molecule has 6 nitrogen and oxygen atoms in total. The minimum absolute atomic E-state index is 0.0208. The van der Waals surface area contributed by atoms with E-state index in [0.29, 0.717) is 25.9 Å². The van der Waals surface area contributed by atoms with Crippen LogP contribution in [-0.4, -0.2) is 47.4 Å². The molecule has 554 valence electrons. The van der Waals surface area contributed by atoms with Crippen molar-refractivity contribution in [2.24, 2.45) is 0 Å². The Morgan fingerprint density at radius 2 is 0.505 bits per heavy atom. The SMILES string of the molecule is CCCCCCCC/C=C\CCCCCCCCCC(=O)OCCCCCCCCCCCCCCCCCCCCCCCCCCCCCCCCCCCCCC(=O)NC(CO)C(O)CCCCCCCCCCCCCCCCCCCCCCCCCC. The Bertz CT molecular complexity index is 1420. The number of nitrogens with one attached hydrogen (secondary N) is 1. The first-order valence-electron chi connectivity index (χ1n) is 43.4. The summed E-state index contributed by atoms with van der Waals surface area (Å²) in [6, 6.07) is -0.538. The minimum Gasteiger partial charge on any atom is -0.466 e. The zero-order valence-electron chi connectivity index (χ0n) is 63.8. The maximum absolute atomic E-state index is 12.6. The fraction of sp³-hybridized carbons (Fsp3) is 0.954. The lowest BCUT2D eigenvalue weighted by Crippen LogP contribution is -2.45. The molecule has 6 heteroatoms. The van der Waals surface area contributed by atoms with E-state index >= 15 is 0 Å². The quantitative estimate of drug-likeness (QED) is 0.0320. The summed E-state index contributed by atoms with van der Waals surface area (Å²) in [6.07, 6.45) is 106. The molecule has 0 aliphatic heterocycles. The van der Waals surface area contributed by atoms with Crippen molar-refractivity contribution in [2.75, 3.05) is 13.2 Å².